The molecule has 9 nitrogen and oxygen atoms in total. The van der Waals surface area contributed by atoms with Gasteiger partial charge in [-0.15, -0.1) is 5.10 Å². The summed E-state index contributed by atoms with van der Waals surface area (Å²) in [5.41, 5.74) is -0.165. The summed E-state index contributed by atoms with van der Waals surface area (Å²) in [4.78, 5) is 25.7. The number of nitrogens with zero attached hydrogens (tertiary/aromatic N) is 3. The van der Waals surface area contributed by atoms with Crippen molar-refractivity contribution in [1.29, 1.82) is 0 Å². The highest BCUT2D eigenvalue weighted by Gasteiger charge is 2.39. The maximum atomic E-state index is 13.0. The first-order valence-corrected chi connectivity index (χ1v) is 11.1. The Labute approximate surface area is 208 Å². The summed E-state index contributed by atoms with van der Waals surface area (Å²) in [7, 11) is 1.45. The average Bonchev–Trinajstić information content (AvgIpc) is 3.13. The van der Waals surface area contributed by atoms with Gasteiger partial charge in [-0.3, -0.25) is 9.36 Å². The van der Waals surface area contributed by atoms with Crippen LogP contribution in [0.1, 0.15) is 18.0 Å². The van der Waals surface area contributed by atoms with E-state index < -0.39 is 43.0 Å². The van der Waals surface area contributed by atoms with Crippen LogP contribution in [0.4, 0.5) is 13.2 Å². The Hall–Kier alpha value is -3.35. The molecule has 0 aliphatic carbocycles. The van der Waals surface area contributed by atoms with Gasteiger partial charge in [-0.1, -0.05) is 29.8 Å². The van der Waals surface area contributed by atoms with Crippen molar-refractivity contribution >= 4 is 17.5 Å². The topological polar surface area (TPSA) is 119 Å². The van der Waals surface area contributed by atoms with Gasteiger partial charge in [0, 0.05) is 22.8 Å². The highest BCUT2D eigenvalue weighted by molar-refractivity contribution is 6.30. The first-order chi connectivity index (χ1) is 17.0. The van der Waals surface area contributed by atoms with E-state index in [1.165, 1.54) is 31.4 Å². The number of para-hydroxylation sites is 1. The van der Waals surface area contributed by atoms with Crippen molar-refractivity contribution in [3.63, 3.8) is 0 Å². The van der Waals surface area contributed by atoms with Crippen molar-refractivity contribution in [2.45, 2.75) is 37.8 Å². The third kappa shape index (κ3) is 6.45. The Morgan fingerprint density at radius 1 is 1.19 bits per heavy atom. The van der Waals surface area contributed by atoms with E-state index >= 15 is 0 Å². The minimum absolute atomic E-state index is 0.142. The third-order valence-electron chi connectivity index (χ3n) is 5.32. The van der Waals surface area contributed by atoms with E-state index in [0.29, 0.717) is 25.6 Å². The number of rotatable bonds is 10. The Morgan fingerprint density at radius 2 is 1.86 bits per heavy atom. The quantitative estimate of drug-likeness (QED) is 0.372. The number of nitrogens with one attached hydrogen (secondary N) is 1. The number of alkyl halides is 3. The molecule has 0 bridgehead atoms. The summed E-state index contributed by atoms with van der Waals surface area (Å²) < 4.78 is 45.7. The number of methoxy groups -OCH3 is 1. The van der Waals surface area contributed by atoms with Crippen LogP contribution < -0.4 is 15.7 Å². The summed E-state index contributed by atoms with van der Waals surface area (Å²) in [6.07, 6.45) is -7.65. The molecular formula is C23H24ClF3N4O5. The molecule has 3 N–H and O–H groups in total. The highest BCUT2D eigenvalue weighted by Crippen LogP contribution is 2.27. The number of aliphatic hydroxyl groups is 2. The summed E-state index contributed by atoms with van der Waals surface area (Å²) in [5, 5.41) is 26.1. The van der Waals surface area contributed by atoms with Crippen molar-refractivity contribution in [1.82, 2.24) is 19.7 Å². The Bertz CT molecular complexity index is 1240. The molecule has 0 saturated heterocycles. The molecule has 194 valence electrons. The van der Waals surface area contributed by atoms with Gasteiger partial charge in [0.25, 0.3) is 0 Å². The fraction of sp³-hybridized carbons (Fsp3) is 0.348. The number of benzene rings is 2. The predicted octanol–water partition coefficient (Wildman–Crippen LogP) is 2.54. The van der Waals surface area contributed by atoms with Crippen LogP contribution in [-0.4, -0.2) is 56.5 Å². The molecule has 0 spiro atoms. The van der Waals surface area contributed by atoms with Gasteiger partial charge < -0.3 is 20.3 Å². The molecule has 2 unspecified atom stereocenters. The first-order valence-electron chi connectivity index (χ1n) is 10.8. The zero-order valence-corrected chi connectivity index (χ0v) is 19.8. The summed E-state index contributed by atoms with van der Waals surface area (Å²) in [5.74, 6) is -0.376. The number of hydrogen-bond acceptors (Lipinski definition) is 6. The molecule has 36 heavy (non-hydrogen) atoms. The fourth-order valence-electron chi connectivity index (χ4n) is 3.56. The van der Waals surface area contributed by atoms with Gasteiger partial charge in [-0.05, 0) is 36.8 Å². The lowest BCUT2D eigenvalue weighted by Gasteiger charge is -2.20. The van der Waals surface area contributed by atoms with E-state index in [-0.39, 0.29) is 24.4 Å². The van der Waals surface area contributed by atoms with E-state index in [2.05, 4.69) is 10.4 Å². The standard InChI is InChI=1S/C23H24ClF3N4O5/c1-36-18-5-3-2-4-16(18)17(10-11-32)28-20(34)13-31-22(35)30(12-19(33)23(25,26)27)21(29-31)14-6-8-15(24)9-7-14/h2-9,17,19,32-33H,10-13H2,1H3,(H,28,34). The highest BCUT2D eigenvalue weighted by atomic mass is 35.5. The van der Waals surface area contributed by atoms with E-state index in [0.717, 1.165) is 0 Å². The number of halogens is 4. The van der Waals surface area contributed by atoms with Crippen molar-refractivity contribution in [2.24, 2.45) is 0 Å². The number of amides is 1. The first kappa shape index (κ1) is 27.2. The minimum atomic E-state index is -4.97. The van der Waals surface area contributed by atoms with Gasteiger partial charge in [0.15, 0.2) is 11.9 Å². The lowest BCUT2D eigenvalue weighted by molar-refractivity contribution is -0.207. The van der Waals surface area contributed by atoms with Crippen molar-refractivity contribution in [3.8, 4) is 17.1 Å². The van der Waals surface area contributed by atoms with Crippen LogP contribution >= 0.6 is 11.6 Å². The Morgan fingerprint density at radius 3 is 2.47 bits per heavy atom. The number of aliphatic hydroxyl groups excluding tert-OH is 2. The molecule has 0 aliphatic heterocycles. The summed E-state index contributed by atoms with van der Waals surface area (Å²) in [6, 6.07) is 12.0. The SMILES string of the molecule is COc1ccccc1C(CCO)NC(=O)Cn1nc(-c2ccc(Cl)cc2)n(CC(O)C(F)(F)F)c1=O. The molecule has 0 saturated carbocycles. The van der Waals surface area contributed by atoms with Crippen LogP contribution in [0.25, 0.3) is 11.4 Å². The molecular weight excluding hydrogens is 505 g/mol. The maximum Gasteiger partial charge on any atom is 0.416 e. The second-order valence-electron chi connectivity index (χ2n) is 7.81. The zero-order chi connectivity index (χ0) is 26.5. The predicted molar refractivity (Wildman–Crippen MR) is 125 cm³/mol. The maximum absolute atomic E-state index is 13.0. The van der Waals surface area contributed by atoms with Crippen LogP contribution in [0.5, 0.6) is 5.75 Å². The largest absolute Gasteiger partial charge is 0.496 e. The average molecular weight is 529 g/mol. The number of ether oxygens (including phenoxy) is 1. The number of carbonyl (C=O) groups excluding carboxylic acids is 1. The zero-order valence-electron chi connectivity index (χ0n) is 19.1. The molecule has 2 atom stereocenters. The number of carbonyl (C=O) groups is 1. The Balaban J connectivity index is 1.92. The monoisotopic (exact) mass is 528 g/mol. The van der Waals surface area contributed by atoms with Crippen molar-refractivity contribution in [3.05, 3.63) is 69.6 Å². The molecule has 0 aliphatic rings. The third-order valence-corrected chi connectivity index (χ3v) is 5.57. The van der Waals surface area contributed by atoms with Gasteiger partial charge in [0.05, 0.1) is 19.7 Å². The van der Waals surface area contributed by atoms with Crippen LogP contribution in [0.2, 0.25) is 5.02 Å². The lowest BCUT2D eigenvalue weighted by Crippen LogP contribution is -2.39. The van der Waals surface area contributed by atoms with Gasteiger partial charge in [-0.2, -0.15) is 13.2 Å². The van der Waals surface area contributed by atoms with Crippen LogP contribution in [-0.2, 0) is 17.9 Å². The number of aromatic nitrogens is 3. The normalized spacial score (nSPS) is 13.3. The van der Waals surface area contributed by atoms with E-state index in [4.69, 9.17) is 16.3 Å². The number of hydrogen-bond donors (Lipinski definition) is 3. The van der Waals surface area contributed by atoms with Gasteiger partial charge in [0.2, 0.25) is 5.91 Å². The molecule has 0 radical (unpaired) electrons. The molecule has 13 heteroatoms. The molecule has 1 heterocycles. The van der Waals surface area contributed by atoms with Crippen molar-refractivity contribution in [2.75, 3.05) is 13.7 Å². The Kier molecular flexibility index (Phi) is 8.77. The van der Waals surface area contributed by atoms with Gasteiger partial charge in [0.1, 0.15) is 12.3 Å². The second-order valence-corrected chi connectivity index (χ2v) is 8.25. The van der Waals surface area contributed by atoms with Gasteiger partial charge in [-0.25, -0.2) is 9.48 Å². The lowest BCUT2D eigenvalue weighted by atomic mass is 10.0. The summed E-state index contributed by atoms with van der Waals surface area (Å²) in [6.45, 7) is -1.99. The smallest absolute Gasteiger partial charge is 0.416 e. The second kappa shape index (κ2) is 11.6. The van der Waals surface area contributed by atoms with E-state index in [9.17, 15) is 33.0 Å². The minimum Gasteiger partial charge on any atom is -0.496 e. The van der Waals surface area contributed by atoms with Crippen LogP contribution in [0.3, 0.4) is 0 Å². The van der Waals surface area contributed by atoms with Crippen LogP contribution in [0.15, 0.2) is 53.3 Å². The molecule has 3 aromatic rings. The van der Waals surface area contributed by atoms with Crippen molar-refractivity contribution < 1.29 is 32.9 Å². The van der Waals surface area contributed by atoms with E-state index in [1.54, 1.807) is 24.3 Å². The molecule has 2 aromatic carbocycles. The molecule has 1 amide bonds. The fourth-order valence-corrected chi connectivity index (χ4v) is 3.69. The molecule has 3 rings (SSSR count). The van der Waals surface area contributed by atoms with E-state index in [1.807, 2.05) is 0 Å². The van der Waals surface area contributed by atoms with Gasteiger partial charge >= 0.3 is 11.9 Å². The molecule has 0 fully saturated rings. The summed E-state index contributed by atoms with van der Waals surface area (Å²) >= 11 is 5.87. The van der Waals surface area contributed by atoms with Crippen LogP contribution in [0, 0.1) is 0 Å². The molecule has 1 aromatic heterocycles.